The quantitative estimate of drug-likeness (QED) is 0.759. The molecule has 3 nitrogen and oxygen atoms in total. The van der Waals surface area contributed by atoms with Crippen molar-refractivity contribution >= 4 is 33.2 Å². The zero-order valence-electron chi connectivity index (χ0n) is 10.6. The summed E-state index contributed by atoms with van der Waals surface area (Å²) in [6.07, 6.45) is 7.41. The Bertz CT molecular complexity index is 413. The van der Waals surface area contributed by atoms with Crippen molar-refractivity contribution in [3.63, 3.8) is 0 Å². The van der Waals surface area contributed by atoms with Gasteiger partial charge in [0.15, 0.2) is 3.92 Å². The van der Waals surface area contributed by atoms with E-state index in [0.717, 1.165) is 28.4 Å². The van der Waals surface area contributed by atoms with Gasteiger partial charge < -0.3 is 4.74 Å². The van der Waals surface area contributed by atoms with Crippen LogP contribution < -0.4 is 0 Å². The molecule has 0 atom stereocenters. The maximum absolute atomic E-state index is 11.8. The minimum atomic E-state index is -0.234. The lowest BCUT2D eigenvalue weighted by Gasteiger charge is -2.07. The summed E-state index contributed by atoms with van der Waals surface area (Å²) in [4.78, 5) is 16.9. The normalized spacial score (nSPS) is 16.1. The summed E-state index contributed by atoms with van der Waals surface area (Å²) in [7, 11) is 0. The molecule has 2 rings (SSSR count). The van der Waals surface area contributed by atoms with Gasteiger partial charge in [0.1, 0.15) is 4.88 Å². The SMILES string of the molecule is CCOC(=O)c1sc(Br)nc1CCC1CCCC1. The number of esters is 1. The van der Waals surface area contributed by atoms with Crippen LogP contribution in [0.25, 0.3) is 0 Å². The second-order valence-electron chi connectivity index (χ2n) is 4.65. The summed E-state index contributed by atoms with van der Waals surface area (Å²) in [5, 5.41) is 0. The molecule has 0 radical (unpaired) electrons. The monoisotopic (exact) mass is 331 g/mol. The predicted octanol–water partition coefficient (Wildman–Crippen LogP) is 4.21. The average molecular weight is 332 g/mol. The number of aryl methyl sites for hydroxylation is 1. The number of carbonyl (C=O) groups is 1. The fraction of sp³-hybridized carbons (Fsp3) is 0.692. The van der Waals surface area contributed by atoms with Crippen LogP contribution in [0.1, 0.15) is 54.4 Å². The van der Waals surface area contributed by atoms with Crippen molar-refractivity contribution < 1.29 is 9.53 Å². The fourth-order valence-electron chi connectivity index (χ4n) is 2.49. The van der Waals surface area contributed by atoms with Crippen molar-refractivity contribution in [1.29, 1.82) is 0 Å². The standard InChI is InChI=1S/C13H18BrNO2S/c1-2-17-12(16)11-10(15-13(14)18-11)8-7-9-5-3-4-6-9/h9H,2-8H2,1H3. The molecule has 0 aromatic carbocycles. The maximum atomic E-state index is 11.8. The van der Waals surface area contributed by atoms with Gasteiger partial charge in [0.2, 0.25) is 0 Å². The Hall–Kier alpha value is -0.420. The van der Waals surface area contributed by atoms with Crippen LogP contribution >= 0.6 is 27.3 Å². The van der Waals surface area contributed by atoms with Crippen molar-refractivity contribution in [2.45, 2.75) is 45.4 Å². The number of rotatable bonds is 5. The van der Waals surface area contributed by atoms with Gasteiger partial charge in [0.25, 0.3) is 0 Å². The molecule has 0 saturated heterocycles. The van der Waals surface area contributed by atoms with Crippen molar-refractivity contribution in [3.05, 3.63) is 14.5 Å². The van der Waals surface area contributed by atoms with Crippen LogP contribution in [0.2, 0.25) is 0 Å². The first-order valence-corrected chi connectivity index (χ1v) is 8.14. The highest BCUT2D eigenvalue weighted by Gasteiger charge is 2.21. The minimum Gasteiger partial charge on any atom is -0.462 e. The number of nitrogens with zero attached hydrogens (tertiary/aromatic N) is 1. The molecule has 18 heavy (non-hydrogen) atoms. The highest BCUT2D eigenvalue weighted by Crippen LogP contribution is 2.31. The molecular formula is C13H18BrNO2S. The van der Waals surface area contributed by atoms with Gasteiger partial charge in [0, 0.05) is 0 Å². The van der Waals surface area contributed by atoms with E-state index in [1.807, 2.05) is 6.92 Å². The van der Waals surface area contributed by atoms with Gasteiger partial charge in [-0.25, -0.2) is 9.78 Å². The molecule has 100 valence electrons. The molecule has 0 aliphatic heterocycles. The molecule has 5 heteroatoms. The zero-order valence-corrected chi connectivity index (χ0v) is 13.0. The van der Waals surface area contributed by atoms with Gasteiger partial charge in [-0.3, -0.25) is 0 Å². The van der Waals surface area contributed by atoms with Gasteiger partial charge in [-0.1, -0.05) is 37.0 Å². The maximum Gasteiger partial charge on any atom is 0.350 e. The Labute approximate surface area is 120 Å². The first kappa shape index (κ1) is 14.0. The molecule has 0 N–H and O–H groups in total. The number of halogens is 1. The van der Waals surface area contributed by atoms with E-state index >= 15 is 0 Å². The molecular weight excluding hydrogens is 314 g/mol. The van der Waals surface area contributed by atoms with E-state index in [9.17, 15) is 4.79 Å². The van der Waals surface area contributed by atoms with Crippen molar-refractivity contribution in [3.8, 4) is 0 Å². The van der Waals surface area contributed by atoms with Gasteiger partial charge in [-0.15, -0.1) is 0 Å². The van der Waals surface area contributed by atoms with E-state index in [4.69, 9.17) is 4.74 Å². The van der Waals surface area contributed by atoms with E-state index in [-0.39, 0.29) is 5.97 Å². The smallest absolute Gasteiger partial charge is 0.350 e. The van der Waals surface area contributed by atoms with Crippen LogP contribution in [0.3, 0.4) is 0 Å². The summed E-state index contributed by atoms with van der Waals surface area (Å²) in [5.74, 6) is 0.586. The summed E-state index contributed by atoms with van der Waals surface area (Å²) in [6.45, 7) is 2.24. The van der Waals surface area contributed by atoms with Crippen molar-refractivity contribution in [2.24, 2.45) is 5.92 Å². The highest BCUT2D eigenvalue weighted by atomic mass is 79.9. The number of aromatic nitrogens is 1. The highest BCUT2D eigenvalue weighted by molar-refractivity contribution is 9.11. The molecule has 1 aliphatic rings. The van der Waals surface area contributed by atoms with Gasteiger partial charge in [-0.05, 0) is 41.6 Å². The summed E-state index contributed by atoms with van der Waals surface area (Å²) in [5.41, 5.74) is 0.900. The molecule has 0 unspecified atom stereocenters. The molecule has 0 bridgehead atoms. The number of carbonyl (C=O) groups excluding carboxylic acids is 1. The third-order valence-electron chi connectivity index (χ3n) is 3.40. The van der Waals surface area contributed by atoms with Gasteiger partial charge in [-0.2, -0.15) is 0 Å². The molecule has 1 aromatic rings. The van der Waals surface area contributed by atoms with Crippen molar-refractivity contribution in [2.75, 3.05) is 6.61 Å². The number of ether oxygens (including phenoxy) is 1. The lowest BCUT2D eigenvalue weighted by Crippen LogP contribution is -2.07. The van der Waals surface area contributed by atoms with E-state index in [1.54, 1.807) is 0 Å². The topological polar surface area (TPSA) is 39.2 Å². The summed E-state index contributed by atoms with van der Waals surface area (Å²) >= 11 is 4.73. The number of thiazole rings is 1. The Kier molecular flexibility index (Phi) is 5.18. The molecule has 1 saturated carbocycles. The van der Waals surface area contributed by atoms with Crippen LogP contribution in [0, 0.1) is 5.92 Å². The second-order valence-corrected chi connectivity index (χ2v) is 6.93. The molecule has 0 amide bonds. The Balaban J connectivity index is 1.99. The third kappa shape index (κ3) is 3.54. The van der Waals surface area contributed by atoms with E-state index in [2.05, 4.69) is 20.9 Å². The Morgan fingerprint density at radius 3 is 2.89 bits per heavy atom. The van der Waals surface area contributed by atoms with Crippen LogP contribution in [-0.4, -0.2) is 17.6 Å². The number of hydrogen-bond donors (Lipinski definition) is 0. The molecule has 1 fully saturated rings. The zero-order chi connectivity index (χ0) is 13.0. The second kappa shape index (κ2) is 6.66. The largest absolute Gasteiger partial charge is 0.462 e. The van der Waals surface area contributed by atoms with Crippen LogP contribution in [0.4, 0.5) is 0 Å². The Morgan fingerprint density at radius 1 is 1.50 bits per heavy atom. The van der Waals surface area contributed by atoms with E-state index in [0.29, 0.717) is 11.5 Å². The fourth-order valence-corrected chi connectivity index (χ4v) is 3.92. The summed E-state index contributed by atoms with van der Waals surface area (Å²) in [6, 6.07) is 0. The molecule has 1 aliphatic carbocycles. The van der Waals surface area contributed by atoms with Crippen molar-refractivity contribution in [1.82, 2.24) is 4.98 Å². The van der Waals surface area contributed by atoms with Gasteiger partial charge in [0.05, 0.1) is 12.3 Å². The molecule has 1 aromatic heterocycles. The summed E-state index contributed by atoms with van der Waals surface area (Å²) < 4.78 is 5.83. The van der Waals surface area contributed by atoms with E-state index in [1.165, 1.54) is 37.0 Å². The lowest BCUT2D eigenvalue weighted by atomic mass is 10.0. The Morgan fingerprint density at radius 2 is 2.22 bits per heavy atom. The van der Waals surface area contributed by atoms with E-state index < -0.39 is 0 Å². The molecule has 1 heterocycles. The number of hydrogen-bond acceptors (Lipinski definition) is 4. The molecule has 0 spiro atoms. The average Bonchev–Trinajstić information content (AvgIpc) is 2.95. The van der Waals surface area contributed by atoms with Crippen LogP contribution in [0.15, 0.2) is 3.92 Å². The van der Waals surface area contributed by atoms with Gasteiger partial charge >= 0.3 is 5.97 Å². The predicted molar refractivity (Wildman–Crippen MR) is 76.0 cm³/mol. The first-order valence-electron chi connectivity index (χ1n) is 6.53. The van der Waals surface area contributed by atoms with Crippen LogP contribution in [0.5, 0.6) is 0 Å². The third-order valence-corrected chi connectivity index (χ3v) is 4.93. The first-order chi connectivity index (χ1) is 8.70. The lowest BCUT2D eigenvalue weighted by molar-refractivity contribution is 0.0530. The minimum absolute atomic E-state index is 0.234. The van der Waals surface area contributed by atoms with Crippen LogP contribution in [-0.2, 0) is 11.2 Å².